The number of halogens is 1. The molecular weight excluding hydrogens is 474 g/mol. The summed E-state index contributed by atoms with van der Waals surface area (Å²) in [5.41, 5.74) is 13.0. The van der Waals surface area contributed by atoms with Crippen molar-refractivity contribution in [1.82, 2.24) is 0 Å². The van der Waals surface area contributed by atoms with Crippen LogP contribution < -0.4 is 25.8 Å². The molecule has 0 aliphatic heterocycles. The van der Waals surface area contributed by atoms with Gasteiger partial charge in [0.2, 0.25) is 5.91 Å². The number of anilines is 1. The molecule has 0 saturated carbocycles. The molecule has 0 aliphatic rings. The number of ether oxygens (including phenoxy) is 2. The van der Waals surface area contributed by atoms with E-state index in [4.69, 9.17) is 26.4 Å². The highest BCUT2D eigenvalue weighted by Gasteiger charge is 2.34. The Bertz CT molecular complexity index is 1200. The van der Waals surface area contributed by atoms with E-state index in [1.807, 2.05) is 30.3 Å². The van der Waals surface area contributed by atoms with Crippen LogP contribution >= 0.6 is 12.4 Å². The van der Waals surface area contributed by atoms with E-state index in [-0.39, 0.29) is 47.5 Å². The average molecular weight is 500 g/mol. The minimum Gasteiger partial charge on any atom is -0.493 e. The lowest BCUT2D eigenvalue weighted by Gasteiger charge is -2.32. The number of amides is 1. The Balaban J connectivity index is 0.00000432. The zero-order chi connectivity index (χ0) is 24.8. The summed E-state index contributed by atoms with van der Waals surface area (Å²) in [6.45, 7) is 0.222. The first-order chi connectivity index (χ1) is 16.3. The number of nitro groups is 1. The molecule has 0 spiro atoms. The van der Waals surface area contributed by atoms with Crippen molar-refractivity contribution in [3.63, 3.8) is 0 Å². The second-order valence-corrected chi connectivity index (χ2v) is 7.40. The Labute approximate surface area is 208 Å². The molecule has 5 N–H and O–H groups in total. The molecule has 0 radical (unpaired) electrons. The van der Waals surface area contributed by atoms with E-state index in [2.05, 4.69) is 0 Å². The maximum Gasteiger partial charge on any atom is 0.279 e. The number of methoxy groups -OCH3 is 2. The van der Waals surface area contributed by atoms with Crippen LogP contribution in [0.1, 0.15) is 22.7 Å². The van der Waals surface area contributed by atoms with Gasteiger partial charge in [-0.15, -0.1) is 12.4 Å². The van der Waals surface area contributed by atoms with Crippen molar-refractivity contribution in [3.05, 3.63) is 93.5 Å². The van der Waals surface area contributed by atoms with Gasteiger partial charge in [-0.2, -0.15) is 0 Å². The first kappa shape index (κ1) is 26.9. The number of carbonyl (C=O) groups excluding carboxylic acids is 1. The number of hydrogen-bond acceptors (Lipinski definition) is 7. The third kappa shape index (κ3) is 5.98. The number of benzene rings is 3. The number of rotatable bonds is 10. The third-order valence-electron chi connectivity index (χ3n) is 5.31. The molecule has 0 heterocycles. The zero-order valence-corrected chi connectivity index (χ0v) is 20.0. The lowest BCUT2D eigenvalue weighted by Crippen LogP contribution is -2.38. The van der Waals surface area contributed by atoms with E-state index >= 15 is 0 Å². The molecular formula is C24H26ClN5O5. The molecule has 1 amide bonds. The predicted octanol–water partition coefficient (Wildman–Crippen LogP) is 3.55. The molecule has 35 heavy (non-hydrogen) atoms. The van der Waals surface area contributed by atoms with Crippen molar-refractivity contribution in [2.45, 2.75) is 12.6 Å². The van der Waals surface area contributed by atoms with E-state index in [0.29, 0.717) is 11.3 Å². The van der Waals surface area contributed by atoms with Gasteiger partial charge in [-0.3, -0.25) is 20.3 Å². The Morgan fingerprint density at radius 3 is 2.09 bits per heavy atom. The topological polar surface area (TPSA) is 158 Å². The molecule has 1 atom stereocenters. The SMILES string of the molecule is COc1cc(C(C(N)=O)N(Cc2ccccc2)c2ccc(C(=N)N)cc2)c([N+](=O)[O-])cc1OC.Cl. The van der Waals surface area contributed by atoms with Gasteiger partial charge >= 0.3 is 0 Å². The second-order valence-electron chi connectivity index (χ2n) is 7.40. The van der Waals surface area contributed by atoms with Gasteiger partial charge in [0.25, 0.3) is 5.69 Å². The Morgan fingerprint density at radius 2 is 1.60 bits per heavy atom. The predicted molar refractivity (Wildman–Crippen MR) is 135 cm³/mol. The van der Waals surface area contributed by atoms with Gasteiger partial charge in [0.1, 0.15) is 11.9 Å². The van der Waals surface area contributed by atoms with Crippen LogP contribution in [0.4, 0.5) is 11.4 Å². The summed E-state index contributed by atoms with van der Waals surface area (Å²) in [5, 5.41) is 19.6. The number of primary amides is 1. The highest BCUT2D eigenvalue weighted by molar-refractivity contribution is 5.95. The van der Waals surface area contributed by atoms with Crippen LogP contribution in [-0.2, 0) is 11.3 Å². The van der Waals surface area contributed by atoms with E-state index in [0.717, 1.165) is 5.56 Å². The number of nitrogens with one attached hydrogen (secondary N) is 1. The molecule has 0 fully saturated rings. The number of nitrogens with zero attached hydrogens (tertiary/aromatic N) is 2. The summed E-state index contributed by atoms with van der Waals surface area (Å²) >= 11 is 0. The van der Waals surface area contributed by atoms with Gasteiger partial charge in [-0.1, -0.05) is 30.3 Å². The van der Waals surface area contributed by atoms with Gasteiger partial charge in [0.05, 0.1) is 30.8 Å². The van der Waals surface area contributed by atoms with Crippen LogP contribution in [0.2, 0.25) is 0 Å². The third-order valence-corrected chi connectivity index (χ3v) is 5.31. The molecule has 0 bridgehead atoms. The van der Waals surface area contributed by atoms with E-state index in [1.165, 1.54) is 26.4 Å². The maximum absolute atomic E-state index is 12.8. The van der Waals surface area contributed by atoms with Gasteiger partial charge in [-0.25, -0.2) is 0 Å². The molecule has 0 aliphatic carbocycles. The molecule has 11 heteroatoms. The van der Waals surface area contributed by atoms with Crippen LogP contribution in [0.15, 0.2) is 66.7 Å². The molecule has 10 nitrogen and oxygen atoms in total. The van der Waals surface area contributed by atoms with Crippen LogP contribution in [0.25, 0.3) is 0 Å². The van der Waals surface area contributed by atoms with Crippen LogP contribution in [0.3, 0.4) is 0 Å². The highest BCUT2D eigenvalue weighted by Crippen LogP contribution is 2.40. The smallest absolute Gasteiger partial charge is 0.279 e. The fourth-order valence-electron chi connectivity index (χ4n) is 3.68. The largest absolute Gasteiger partial charge is 0.493 e. The summed E-state index contributed by atoms with van der Waals surface area (Å²) in [4.78, 5) is 25.9. The number of amidine groups is 1. The molecule has 1 unspecified atom stereocenters. The highest BCUT2D eigenvalue weighted by atomic mass is 35.5. The first-order valence-electron chi connectivity index (χ1n) is 10.2. The number of nitrogens with two attached hydrogens (primary N) is 2. The molecule has 3 aromatic rings. The minimum absolute atomic E-state index is 0. The number of nitro benzene ring substituents is 1. The van der Waals surface area contributed by atoms with Gasteiger partial charge in [-0.05, 0) is 35.9 Å². The molecule has 0 saturated heterocycles. The zero-order valence-electron chi connectivity index (χ0n) is 19.1. The van der Waals surface area contributed by atoms with Crippen molar-refractivity contribution >= 4 is 35.5 Å². The minimum atomic E-state index is -1.22. The van der Waals surface area contributed by atoms with Crippen molar-refractivity contribution in [2.75, 3.05) is 19.1 Å². The van der Waals surface area contributed by atoms with Crippen molar-refractivity contribution in [1.29, 1.82) is 5.41 Å². The summed E-state index contributed by atoms with van der Waals surface area (Å²) in [6.07, 6.45) is 0. The summed E-state index contributed by atoms with van der Waals surface area (Å²) in [5.74, 6) is -0.521. The number of nitrogen functional groups attached to an aromatic ring is 1. The Hall–Kier alpha value is -4.31. The monoisotopic (exact) mass is 499 g/mol. The standard InChI is InChI=1S/C24H25N5O5.ClH/c1-33-20-12-18(19(29(31)32)13-21(20)34-2)22(24(27)30)28(14-15-6-4-3-5-7-15)17-10-8-16(9-11-17)23(25)26;/h3-13,22H,14H2,1-2H3,(H3,25,26)(H2,27,30);1H. The van der Waals surface area contributed by atoms with Crippen LogP contribution in [0.5, 0.6) is 11.5 Å². The van der Waals surface area contributed by atoms with Gasteiger partial charge in [0, 0.05) is 17.8 Å². The van der Waals surface area contributed by atoms with E-state index < -0.39 is 16.9 Å². The van der Waals surface area contributed by atoms with Crippen molar-refractivity contribution in [2.24, 2.45) is 11.5 Å². The van der Waals surface area contributed by atoms with E-state index in [1.54, 1.807) is 29.2 Å². The van der Waals surface area contributed by atoms with Crippen LogP contribution in [0, 0.1) is 15.5 Å². The van der Waals surface area contributed by atoms with Crippen molar-refractivity contribution < 1.29 is 19.2 Å². The second kappa shape index (κ2) is 11.7. The summed E-state index contributed by atoms with van der Waals surface area (Å²) in [7, 11) is 2.76. The molecule has 3 aromatic carbocycles. The van der Waals surface area contributed by atoms with Crippen LogP contribution in [-0.4, -0.2) is 30.9 Å². The fourth-order valence-corrected chi connectivity index (χ4v) is 3.68. The number of carbonyl (C=O) groups is 1. The van der Waals surface area contributed by atoms with E-state index in [9.17, 15) is 14.9 Å². The molecule has 0 aromatic heterocycles. The Morgan fingerprint density at radius 1 is 1.03 bits per heavy atom. The first-order valence-corrected chi connectivity index (χ1v) is 10.2. The fraction of sp³-hybridized carbons (Fsp3) is 0.167. The van der Waals surface area contributed by atoms with Crippen molar-refractivity contribution in [3.8, 4) is 11.5 Å². The molecule has 3 rings (SSSR count). The lowest BCUT2D eigenvalue weighted by atomic mass is 9.99. The molecule has 184 valence electrons. The van der Waals surface area contributed by atoms with Gasteiger partial charge in [0.15, 0.2) is 11.5 Å². The normalized spacial score (nSPS) is 11.0. The maximum atomic E-state index is 12.8. The Kier molecular flexibility index (Phi) is 9.01. The van der Waals surface area contributed by atoms with Gasteiger partial charge < -0.3 is 25.8 Å². The summed E-state index contributed by atoms with van der Waals surface area (Å²) < 4.78 is 10.5. The lowest BCUT2D eigenvalue weighted by molar-refractivity contribution is -0.385. The average Bonchev–Trinajstić information content (AvgIpc) is 2.83. The summed E-state index contributed by atoms with van der Waals surface area (Å²) in [6, 6.07) is 17.3. The number of hydrogen-bond donors (Lipinski definition) is 3. The quantitative estimate of drug-likeness (QED) is 0.166.